The second-order valence-electron chi connectivity index (χ2n) is 6.68. The first-order valence-electron chi connectivity index (χ1n) is 9.98. The molecular weight excluding hydrogens is 384 g/mol. The highest BCUT2D eigenvalue weighted by Crippen LogP contribution is 2.27. The molecule has 0 atom stereocenters. The van der Waals surface area contributed by atoms with Crippen LogP contribution in [0.25, 0.3) is 0 Å². The van der Waals surface area contributed by atoms with Gasteiger partial charge in [0.1, 0.15) is 6.61 Å². The van der Waals surface area contributed by atoms with Crippen molar-refractivity contribution in [2.75, 3.05) is 40.5 Å². The van der Waals surface area contributed by atoms with E-state index in [2.05, 4.69) is 10.6 Å². The van der Waals surface area contributed by atoms with Crippen molar-refractivity contribution in [1.82, 2.24) is 10.6 Å². The molecule has 162 valence electrons. The second-order valence-corrected chi connectivity index (χ2v) is 6.68. The van der Waals surface area contributed by atoms with Gasteiger partial charge in [0.2, 0.25) is 11.8 Å². The van der Waals surface area contributed by atoms with Crippen LogP contribution in [0.5, 0.6) is 11.5 Å². The molecule has 0 fully saturated rings. The number of carbonyl (C=O) groups is 2. The minimum absolute atomic E-state index is 0.0479. The summed E-state index contributed by atoms with van der Waals surface area (Å²) in [6.07, 6.45) is 1.66. The summed E-state index contributed by atoms with van der Waals surface area (Å²) in [4.78, 5) is 23.6. The highest BCUT2D eigenvalue weighted by molar-refractivity contribution is 5.77. The Balaban J connectivity index is 1.53. The molecule has 2 N–H and O–H groups in total. The van der Waals surface area contributed by atoms with E-state index in [1.54, 1.807) is 14.2 Å². The predicted octanol–water partition coefficient (Wildman–Crippen LogP) is 2.13. The average Bonchev–Trinajstić information content (AvgIpc) is 2.77. The number of amides is 2. The zero-order valence-corrected chi connectivity index (χ0v) is 17.6. The number of methoxy groups -OCH3 is 2. The number of hydrogen-bond donors (Lipinski definition) is 2. The molecule has 0 saturated heterocycles. The van der Waals surface area contributed by atoms with E-state index in [1.807, 2.05) is 48.5 Å². The lowest BCUT2D eigenvalue weighted by Crippen LogP contribution is -2.30. The fourth-order valence-corrected chi connectivity index (χ4v) is 2.84. The van der Waals surface area contributed by atoms with Gasteiger partial charge in [-0.05, 0) is 36.1 Å². The monoisotopic (exact) mass is 414 g/mol. The number of rotatable bonds is 13. The van der Waals surface area contributed by atoms with Crippen molar-refractivity contribution in [3.8, 4) is 11.5 Å². The summed E-state index contributed by atoms with van der Waals surface area (Å²) in [5.41, 5.74) is 2.21. The highest BCUT2D eigenvalue weighted by Gasteiger charge is 2.06. The zero-order valence-electron chi connectivity index (χ0n) is 17.6. The number of benzene rings is 2. The van der Waals surface area contributed by atoms with Crippen molar-refractivity contribution in [3.63, 3.8) is 0 Å². The van der Waals surface area contributed by atoms with Crippen molar-refractivity contribution in [2.45, 2.75) is 19.3 Å². The molecule has 0 spiro atoms. The summed E-state index contributed by atoms with van der Waals surface area (Å²) < 4.78 is 15.8. The molecule has 7 nitrogen and oxygen atoms in total. The molecule has 0 aliphatic heterocycles. The first-order chi connectivity index (χ1) is 14.6. The molecule has 2 aromatic rings. The third-order valence-electron chi connectivity index (χ3n) is 4.47. The van der Waals surface area contributed by atoms with Gasteiger partial charge in [-0.3, -0.25) is 9.59 Å². The first-order valence-corrected chi connectivity index (χ1v) is 9.98. The lowest BCUT2D eigenvalue weighted by atomic mass is 10.1. The SMILES string of the molecule is COc1ccc(CCNC(=O)CCOCC(=O)NCCc2ccccc2)cc1OC. The summed E-state index contributed by atoms with van der Waals surface area (Å²) in [7, 11) is 3.18. The number of nitrogens with one attached hydrogen (secondary N) is 2. The largest absolute Gasteiger partial charge is 0.493 e. The maximum absolute atomic E-state index is 11.9. The van der Waals surface area contributed by atoms with E-state index in [4.69, 9.17) is 14.2 Å². The fraction of sp³-hybridized carbons (Fsp3) is 0.391. The quantitative estimate of drug-likeness (QED) is 0.491. The van der Waals surface area contributed by atoms with Crippen LogP contribution in [0.15, 0.2) is 48.5 Å². The Morgan fingerprint density at radius 2 is 1.47 bits per heavy atom. The minimum atomic E-state index is -0.181. The van der Waals surface area contributed by atoms with Gasteiger partial charge in [0.05, 0.1) is 20.8 Å². The molecular formula is C23H30N2O5. The number of ether oxygens (including phenoxy) is 3. The van der Waals surface area contributed by atoms with Crippen LogP contribution in [-0.2, 0) is 27.2 Å². The van der Waals surface area contributed by atoms with E-state index in [0.717, 1.165) is 12.0 Å². The fourth-order valence-electron chi connectivity index (χ4n) is 2.84. The van der Waals surface area contributed by atoms with E-state index >= 15 is 0 Å². The molecule has 0 unspecified atom stereocenters. The molecule has 30 heavy (non-hydrogen) atoms. The molecule has 2 aromatic carbocycles. The van der Waals surface area contributed by atoms with Crippen LogP contribution in [0.2, 0.25) is 0 Å². The lowest BCUT2D eigenvalue weighted by molar-refractivity contribution is -0.128. The standard InChI is InChI=1S/C23H30N2O5/c1-28-20-9-8-19(16-21(20)29-2)11-14-24-22(26)12-15-30-17-23(27)25-13-10-18-6-4-3-5-7-18/h3-9,16H,10-15,17H2,1-2H3,(H,24,26)(H,25,27). The normalized spacial score (nSPS) is 10.3. The lowest BCUT2D eigenvalue weighted by Gasteiger charge is -2.10. The highest BCUT2D eigenvalue weighted by atomic mass is 16.5. The van der Waals surface area contributed by atoms with Crippen LogP contribution >= 0.6 is 0 Å². The molecule has 0 aliphatic carbocycles. The van der Waals surface area contributed by atoms with Crippen LogP contribution in [0.3, 0.4) is 0 Å². The van der Waals surface area contributed by atoms with Crippen molar-refractivity contribution >= 4 is 11.8 Å². The molecule has 0 bridgehead atoms. The van der Waals surface area contributed by atoms with Gasteiger partial charge >= 0.3 is 0 Å². The molecule has 0 aliphatic rings. The van der Waals surface area contributed by atoms with Gasteiger partial charge in [-0.25, -0.2) is 0 Å². The molecule has 0 saturated carbocycles. The minimum Gasteiger partial charge on any atom is -0.493 e. The number of hydrogen-bond acceptors (Lipinski definition) is 5. The van der Waals surface area contributed by atoms with Gasteiger partial charge < -0.3 is 24.8 Å². The smallest absolute Gasteiger partial charge is 0.246 e. The van der Waals surface area contributed by atoms with E-state index in [1.165, 1.54) is 5.56 Å². The summed E-state index contributed by atoms with van der Waals surface area (Å²) >= 11 is 0. The van der Waals surface area contributed by atoms with Crippen LogP contribution in [-0.4, -0.2) is 52.3 Å². The van der Waals surface area contributed by atoms with Gasteiger partial charge in [-0.2, -0.15) is 0 Å². The van der Waals surface area contributed by atoms with Crippen molar-refractivity contribution in [2.24, 2.45) is 0 Å². The van der Waals surface area contributed by atoms with E-state index in [9.17, 15) is 9.59 Å². The van der Waals surface area contributed by atoms with Crippen LogP contribution < -0.4 is 20.1 Å². The maximum Gasteiger partial charge on any atom is 0.246 e. The molecule has 2 rings (SSSR count). The summed E-state index contributed by atoms with van der Waals surface area (Å²) in [6.45, 7) is 1.22. The van der Waals surface area contributed by atoms with Crippen LogP contribution in [0, 0.1) is 0 Å². The van der Waals surface area contributed by atoms with Crippen molar-refractivity contribution < 1.29 is 23.8 Å². The Labute approximate surface area is 177 Å². The van der Waals surface area contributed by atoms with E-state index < -0.39 is 0 Å². The van der Waals surface area contributed by atoms with Gasteiger partial charge in [0.15, 0.2) is 11.5 Å². The Morgan fingerprint density at radius 3 is 2.17 bits per heavy atom. The average molecular weight is 415 g/mol. The molecule has 7 heteroatoms. The summed E-state index contributed by atoms with van der Waals surface area (Å²) in [6, 6.07) is 15.6. The van der Waals surface area contributed by atoms with Gasteiger partial charge in [0.25, 0.3) is 0 Å². The van der Waals surface area contributed by atoms with Crippen molar-refractivity contribution in [3.05, 3.63) is 59.7 Å². The van der Waals surface area contributed by atoms with Crippen molar-refractivity contribution in [1.29, 1.82) is 0 Å². The molecule has 0 radical (unpaired) electrons. The number of carbonyl (C=O) groups excluding carboxylic acids is 2. The Kier molecular flexibility index (Phi) is 10.2. The summed E-state index contributed by atoms with van der Waals surface area (Å²) in [5, 5.41) is 5.65. The van der Waals surface area contributed by atoms with Gasteiger partial charge in [0, 0.05) is 19.5 Å². The second kappa shape index (κ2) is 13.2. The maximum atomic E-state index is 11.9. The third kappa shape index (κ3) is 8.53. The molecule has 2 amide bonds. The summed E-state index contributed by atoms with van der Waals surface area (Å²) in [5.74, 6) is 1.04. The topological polar surface area (TPSA) is 85.9 Å². The van der Waals surface area contributed by atoms with E-state index in [-0.39, 0.29) is 31.4 Å². The predicted molar refractivity (Wildman–Crippen MR) is 115 cm³/mol. The zero-order chi connectivity index (χ0) is 21.6. The van der Waals surface area contributed by atoms with E-state index in [0.29, 0.717) is 31.0 Å². The van der Waals surface area contributed by atoms with Gasteiger partial charge in [-0.1, -0.05) is 36.4 Å². The molecule has 0 heterocycles. The van der Waals surface area contributed by atoms with Crippen LogP contribution in [0.4, 0.5) is 0 Å². The Bertz CT molecular complexity index is 795. The Hall–Kier alpha value is -3.06. The third-order valence-corrected chi connectivity index (χ3v) is 4.47. The van der Waals surface area contributed by atoms with Gasteiger partial charge in [-0.15, -0.1) is 0 Å². The first kappa shape index (κ1) is 23.2. The molecule has 0 aromatic heterocycles. The van der Waals surface area contributed by atoms with Crippen LogP contribution in [0.1, 0.15) is 17.5 Å². The Morgan fingerprint density at radius 1 is 0.800 bits per heavy atom.